The molecule has 0 atom stereocenters. The molecule has 4 aromatic rings. The molecule has 0 radical (unpaired) electrons. The van der Waals surface area contributed by atoms with Crippen LogP contribution in [0.4, 0.5) is 0 Å². The largest absolute Gasteiger partial charge is 0.295 e. The average Bonchev–Trinajstić information content (AvgIpc) is 3.50. The van der Waals surface area contributed by atoms with Crippen LogP contribution in [0.25, 0.3) is 14.8 Å². The van der Waals surface area contributed by atoms with Crippen molar-refractivity contribution in [3.63, 3.8) is 0 Å². The van der Waals surface area contributed by atoms with E-state index in [1.807, 2.05) is 29.6 Å². The number of piperazine rings is 1. The lowest BCUT2D eigenvalue weighted by Gasteiger charge is -2.33. The molecule has 3 aromatic heterocycles. The summed E-state index contributed by atoms with van der Waals surface area (Å²) in [5.41, 5.74) is 1.59. The number of aromatic nitrogens is 3. The smallest absolute Gasteiger partial charge is 0.275 e. The minimum Gasteiger partial charge on any atom is -0.295 e. The SMILES string of the molecule is CC(C)c1ccc(S(=O)(=O)N2CCN(Cc3cc(=O)n4nc(-c5cccs5)sc4n3)CC2)cc1. The third-order valence-corrected chi connectivity index (χ3v) is 9.79. The van der Waals surface area contributed by atoms with Gasteiger partial charge in [0.2, 0.25) is 15.0 Å². The third kappa shape index (κ3) is 4.58. The van der Waals surface area contributed by atoms with Gasteiger partial charge in [0.25, 0.3) is 5.56 Å². The maximum absolute atomic E-state index is 13.1. The number of hydrogen-bond donors (Lipinski definition) is 0. The predicted octanol–water partition coefficient (Wildman–Crippen LogP) is 3.51. The van der Waals surface area contributed by atoms with E-state index in [9.17, 15) is 13.2 Å². The van der Waals surface area contributed by atoms with Crippen LogP contribution < -0.4 is 5.56 Å². The molecule has 0 spiro atoms. The van der Waals surface area contributed by atoms with Crippen molar-refractivity contribution in [2.75, 3.05) is 26.2 Å². The molecular formula is C23H25N5O3S3. The monoisotopic (exact) mass is 515 g/mol. The van der Waals surface area contributed by atoms with Crippen LogP contribution in [0, 0.1) is 0 Å². The zero-order valence-electron chi connectivity index (χ0n) is 18.9. The summed E-state index contributed by atoms with van der Waals surface area (Å²) in [6.07, 6.45) is 0. The molecule has 1 fully saturated rings. The molecule has 178 valence electrons. The number of hydrogen-bond acceptors (Lipinski definition) is 8. The van der Waals surface area contributed by atoms with Gasteiger partial charge in [0.15, 0.2) is 5.01 Å². The van der Waals surface area contributed by atoms with Gasteiger partial charge in [-0.05, 0) is 35.1 Å². The number of sulfonamides is 1. The molecule has 0 unspecified atom stereocenters. The third-order valence-electron chi connectivity index (χ3n) is 5.93. The molecule has 0 N–H and O–H groups in total. The Morgan fingerprint density at radius 1 is 1.06 bits per heavy atom. The molecule has 4 heterocycles. The highest BCUT2D eigenvalue weighted by Crippen LogP contribution is 2.28. The summed E-state index contributed by atoms with van der Waals surface area (Å²) >= 11 is 2.97. The minimum atomic E-state index is -3.52. The maximum atomic E-state index is 13.1. The fourth-order valence-electron chi connectivity index (χ4n) is 3.97. The summed E-state index contributed by atoms with van der Waals surface area (Å²) < 4.78 is 29.0. The second-order valence-corrected chi connectivity index (χ2v) is 12.4. The minimum absolute atomic E-state index is 0.204. The Balaban J connectivity index is 1.26. The lowest BCUT2D eigenvalue weighted by molar-refractivity contribution is 0.180. The quantitative estimate of drug-likeness (QED) is 0.391. The first-order valence-corrected chi connectivity index (χ1v) is 14.2. The molecule has 34 heavy (non-hydrogen) atoms. The van der Waals surface area contributed by atoms with Crippen LogP contribution in [-0.4, -0.2) is 58.4 Å². The second-order valence-electron chi connectivity index (χ2n) is 8.57. The van der Waals surface area contributed by atoms with Crippen LogP contribution in [-0.2, 0) is 16.6 Å². The van der Waals surface area contributed by atoms with Crippen LogP contribution in [0.5, 0.6) is 0 Å². The van der Waals surface area contributed by atoms with Gasteiger partial charge >= 0.3 is 0 Å². The van der Waals surface area contributed by atoms with Crippen molar-refractivity contribution in [1.29, 1.82) is 0 Å². The van der Waals surface area contributed by atoms with Crippen LogP contribution in [0.2, 0.25) is 0 Å². The van der Waals surface area contributed by atoms with E-state index in [4.69, 9.17) is 0 Å². The van der Waals surface area contributed by atoms with Gasteiger partial charge in [-0.1, -0.05) is 43.4 Å². The molecule has 8 nitrogen and oxygen atoms in total. The molecule has 1 aliphatic heterocycles. The molecule has 0 amide bonds. The Kier molecular flexibility index (Phi) is 6.38. The van der Waals surface area contributed by atoms with E-state index in [1.54, 1.807) is 23.5 Å². The Morgan fingerprint density at radius 2 is 1.79 bits per heavy atom. The van der Waals surface area contributed by atoms with Gasteiger partial charge in [-0.25, -0.2) is 13.4 Å². The topological polar surface area (TPSA) is 87.9 Å². The van der Waals surface area contributed by atoms with E-state index < -0.39 is 10.0 Å². The molecule has 1 saturated heterocycles. The molecule has 0 saturated carbocycles. The fourth-order valence-corrected chi connectivity index (χ4v) is 7.11. The van der Waals surface area contributed by atoms with Crippen molar-refractivity contribution in [2.45, 2.75) is 31.2 Å². The molecule has 0 aliphatic carbocycles. The number of rotatable bonds is 6. The predicted molar refractivity (Wildman–Crippen MR) is 135 cm³/mol. The lowest BCUT2D eigenvalue weighted by atomic mass is 10.0. The summed E-state index contributed by atoms with van der Waals surface area (Å²) in [7, 11) is -3.52. The summed E-state index contributed by atoms with van der Waals surface area (Å²) in [5.74, 6) is 0.355. The van der Waals surface area contributed by atoms with E-state index in [2.05, 4.69) is 28.8 Å². The average molecular weight is 516 g/mol. The molecule has 11 heteroatoms. The molecular weight excluding hydrogens is 490 g/mol. The molecule has 1 aliphatic rings. The Labute approximate surface area is 206 Å². The van der Waals surface area contributed by atoms with Gasteiger partial charge in [-0.3, -0.25) is 9.69 Å². The summed E-state index contributed by atoms with van der Waals surface area (Å²) in [4.78, 5) is 21.3. The normalized spacial score (nSPS) is 16.0. The zero-order valence-corrected chi connectivity index (χ0v) is 21.4. The first kappa shape index (κ1) is 23.3. The molecule has 0 bridgehead atoms. The summed E-state index contributed by atoms with van der Waals surface area (Å²) in [5, 5.41) is 7.16. The zero-order chi connectivity index (χ0) is 23.9. The van der Waals surface area contributed by atoms with Crippen molar-refractivity contribution in [2.24, 2.45) is 0 Å². The van der Waals surface area contributed by atoms with E-state index in [0.29, 0.717) is 54.2 Å². The van der Waals surface area contributed by atoms with E-state index in [-0.39, 0.29) is 5.56 Å². The lowest BCUT2D eigenvalue weighted by Crippen LogP contribution is -2.48. The molecule has 1 aromatic carbocycles. The summed E-state index contributed by atoms with van der Waals surface area (Å²) in [6.45, 7) is 6.62. The Bertz CT molecular complexity index is 1450. The second kappa shape index (κ2) is 9.31. The number of thiophene rings is 1. The molecule has 5 rings (SSSR count). The van der Waals surface area contributed by atoms with Gasteiger partial charge in [-0.2, -0.15) is 13.9 Å². The Hall–Kier alpha value is -2.44. The van der Waals surface area contributed by atoms with E-state index in [1.165, 1.54) is 26.2 Å². The maximum Gasteiger partial charge on any atom is 0.275 e. The highest BCUT2D eigenvalue weighted by molar-refractivity contribution is 7.89. The standard InChI is InChI=1S/C23H25N5O3S3/c1-16(2)17-5-7-19(8-6-17)34(30,31)27-11-9-26(10-12-27)15-18-14-21(29)28-23(24-18)33-22(25-28)20-4-3-13-32-20/h3-8,13-14,16H,9-12,15H2,1-2H3. The van der Waals surface area contributed by atoms with Crippen LogP contribution in [0.3, 0.4) is 0 Å². The van der Waals surface area contributed by atoms with Gasteiger partial charge in [0.1, 0.15) is 0 Å². The number of nitrogens with zero attached hydrogens (tertiary/aromatic N) is 5. The first-order valence-electron chi connectivity index (χ1n) is 11.1. The fraction of sp³-hybridized carbons (Fsp3) is 0.348. The number of benzene rings is 1. The van der Waals surface area contributed by atoms with Crippen LogP contribution >= 0.6 is 22.7 Å². The Morgan fingerprint density at radius 3 is 2.44 bits per heavy atom. The van der Waals surface area contributed by atoms with Crippen molar-refractivity contribution < 1.29 is 8.42 Å². The van der Waals surface area contributed by atoms with Crippen LogP contribution in [0.15, 0.2) is 57.5 Å². The summed E-state index contributed by atoms with van der Waals surface area (Å²) in [6, 6.07) is 12.6. The van der Waals surface area contributed by atoms with E-state index >= 15 is 0 Å². The van der Waals surface area contributed by atoms with Gasteiger partial charge in [0, 0.05) is 38.8 Å². The number of fused-ring (bicyclic) bond motifs is 1. The van der Waals surface area contributed by atoms with Crippen molar-refractivity contribution in [3.8, 4) is 9.88 Å². The highest BCUT2D eigenvalue weighted by Gasteiger charge is 2.28. The van der Waals surface area contributed by atoms with Crippen molar-refractivity contribution in [1.82, 2.24) is 23.8 Å². The van der Waals surface area contributed by atoms with Gasteiger partial charge < -0.3 is 0 Å². The van der Waals surface area contributed by atoms with Gasteiger partial charge in [0.05, 0.1) is 15.5 Å². The van der Waals surface area contributed by atoms with Crippen molar-refractivity contribution in [3.05, 3.63) is 69.5 Å². The van der Waals surface area contributed by atoms with Gasteiger partial charge in [-0.15, -0.1) is 11.3 Å². The van der Waals surface area contributed by atoms with Crippen molar-refractivity contribution >= 4 is 37.7 Å². The highest BCUT2D eigenvalue weighted by atomic mass is 32.2. The first-order chi connectivity index (χ1) is 16.3. The van der Waals surface area contributed by atoms with Crippen LogP contribution in [0.1, 0.15) is 31.0 Å². The van der Waals surface area contributed by atoms with E-state index in [0.717, 1.165) is 15.4 Å².